The maximum atomic E-state index is 13.6. The summed E-state index contributed by atoms with van der Waals surface area (Å²) in [5.74, 6) is -0.0499. The minimum absolute atomic E-state index is 0.194. The molecule has 3 N–H and O–H groups in total. The van der Waals surface area contributed by atoms with Gasteiger partial charge in [0.15, 0.2) is 0 Å². The van der Waals surface area contributed by atoms with Crippen molar-refractivity contribution in [2.75, 3.05) is 5.73 Å². The number of benzene rings is 1. The third kappa shape index (κ3) is 4.05. The number of nitrogens with two attached hydrogens (primary N) is 1. The Balaban J connectivity index is 2.04. The average Bonchev–Trinajstić information content (AvgIpc) is 2.92. The topological polar surface area (TPSA) is 85.3 Å². The summed E-state index contributed by atoms with van der Waals surface area (Å²) in [6.45, 7) is 1.71. The van der Waals surface area contributed by atoms with Gasteiger partial charge in [0.25, 0.3) is 0 Å². The highest BCUT2D eigenvalue weighted by Crippen LogP contribution is 2.18. The summed E-state index contributed by atoms with van der Waals surface area (Å²) in [5.41, 5.74) is 5.70. The first-order valence-corrected chi connectivity index (χ1v) is 7.96. The summed E-state index contributed by atoms with van der Waals surface area (Å²) in [7, 11) is -3.94. The highest BCUT2D eigenvalue weighted by Gasteiger charge is 2.21. The molecule has 0 aliphatic carbocycles. The number of aryl methyl sites for hydroxylation is 1. The van der Waals surface area contributed by atoms with Crippen molar-refractivity contribution >= 4 is 15.7 Å². The standard InChI is InChI=1S/C14H17FN2O3S/c1-10(4-6-12-3-2-8-20-12)17-21(18,19)14-9-11(16)5-7-13(14)15/h2-3,5,7-10,17H,4,6,16H2,1H3. The number of sulfonamides is 1. The molecule has 2 aromatic rings. The van der Waals surface area contributed by atoms with Crippen molar-refractivity contribution in [3.63, 3.8) is 0 Å². The van der Waals surface area contributed by atoms with Gasteiger partial charge in [0.05, 0.1) is 6.26 Å². The molecule has 21 heavy (non-hydrogen) atoms. The number of halogens is 1. The third-order valence-electron chi connectivity index (χ3n) is 3.00. The van der Waals surface area contributed by atoms with E-state index in [0.717, 1.165) is 17.9 Å². The van der Waals surface area contributed by atoms with E-state index >= 15 is 0 Å². The number of nitrogen functional groups attached to an aromatic ring is 1. The zero-order chi connectivity index (χ0) is 15.5. The molecule has 2 rings (SSSR count). The predicted octanol–water partition coefficient (Wildman–Crippen LogP) is 2.30. The van der Waals surface area contributed by atoms with E-state index in [0.29, 0.717) is 12.8 Å². The Labute approximate surface area is 123 Å². The van der Waals surface area contributed by atoms with Gasteiger partial charge in [0.2, 0.25) is 10.0 Å². The highest BCUT2D eigenvalue weighted by molar-refractivity contribution is 7.89. The van der Waals surface area contributed by atoms with Crippen LogP contribution in [0, 0.1) is 5.82 Å². The van der Waals surface area contributed by atoms with Crippen LogP contribution in [0.3, 0.4) is 0 Å². The van der Waals surface area contributed by atoms with Crippen LogP contribution in [0.2, 0.25) is 0 Å². The Bertz CT molecular complexity index is 699. The number of hydrogen-bond donors (Lipinski definition) is 2. The van der Waals surface area contributed by atoms with Crippen LogP contribution in [0.5, 0.6) is 0 Å². The molecule has 0 aliphatic heterocycles. The van der Waals surface area contributed by atoms with Gasteiger partial charge >= 0.3 is 0 Å². The first-order valence-electron chi connectivity index (χ1n) is 6.48. The second-order valence-corrected chi connectivity index (χ2v) is 6.51. The second kappa shape index (κ2) is 6.28. The largest absolute Gasteiger partial charge is 0.469 e. The Morgan fingerprint density at radius 1 is 1.38 bits per heavy atom. The lowest BCUT2D eigenvalue weighted by Gasteiger charge is -2.14. The Morgan fingerprint density at radius 2 is 2.14 bits per heavy atom. The number of rotatable bonds is 6. The molecule has 5 nitrogen and oxygen atoms in total. The lowest BCUT2D eigenvalue weighted by atomic mass is 10.2. The molecule has 0 amide bonds. The smallest absolute Gasteiger partial charge is 0.243 e. The molecule has 0 radical (unpaired) electrons. The second-order valence-electron chi connectivity index (χ2n) is 4.83. The fourth-order valence-corrected chi connectivity index (χ4v) is 3.32. The van der Waals surface area contributed by atoms with Gasteiger partial charge in [-0.3, -0.25) is 0 Å². The minimum Gasteiger partial charge on any atom is -0.469 e. The molecule has 1 atom stereocenters. The number of nitrogens with one attached hydrogen (secondary N) is 1. The number of furan rings is 1. The van der Waals surface area contributed by atoms with E-state index in [1.165, 1.54) is 6.07 Å². The molecule has 114 valence electrons. The molecule has 1 heterocycles. The molecule has 0 spiro atoms. The fraction of sp³-hybridized carbons (Fsp3) is 0.286. The first kappa shape index (κ1) is 15.5. The molecule has 7 heteroatoms. The van der Waals surface area contributed by atoms with Gasteiger partial charge in [-0.15, -0.1) is 0 Å². The molecule has 0 bridgehead atoms. The summed E-state index contributed by atoms with van der Waals surface area (Å²) >= 11 is 0. The van der Waals surface area contributed by atoms with E-state index in [1.807, 2.05) is 6.07 Å². The molecule has 1 aromatic carbocycles. The SMILES string of the molecule is CC(CCc1ccco1)NS(=O)(=O)c1cc(N)ccc1F. The molecule has 0 aliphatic rings. The summed E-state index contributed by atoms with van der Waals surface area (Å²) in [4.78, 5) is -0.438. The lowest BCUT2D eigenvalue weighted by Crippen LogP contribution is -2.33. The Hall–Kier alpha value is -1.86. The van der Waals surface area contributed by atoms with Crippen LogP contribution < -0.4 is 10.5 Å². The van der Waals surface area contributed by atoms with E-state index in [1.54, 1.807) is 19.3 Å². The predicted molar refractivity (Wildman–Crippen MR) is 77.6 cm³/mol. The van der Waals surface area contributed by atoms with Gasteiger partial charge in [-0.1, -0.05) is 0 Å². The van der Waals surface area contributed by atoms with Crippen molar-refractivity contribution in [1.82, 2.24) is 4.72 Å². The molecule has 1 unspecified atom stereocenters. The van der Waals surface area contributed by atoms with Crippen molar-refractivity contribution < 1.29 is 17.2 Å². The van der Waals surface area contributed by atoms with Gasteiger partial charge < -0.3 is 10.2 Å². The van der Waals surface area contributed by atoms with Gasteiger partial charge in [0, 0.05) is 18.2 Å². The third-order valence-corrected chi connectivity index (χ3v) is 4.61. The average molecular weight is 312 g/mol. The van der Waals surface area contributed by atoms with Crippen LogP contribution in [0.15, 0.2) is 45.9 Å². The highest BCUT2D eigenvalue weighted by atomic mass is 32.2. The number of anilines is 1. The lowest BCUT2D eigenvalue weighted by molar-refractivity contribution is 0.479. The Morgan fingerprint density at radius 3 is 2.81 bits per heavy atom. The van der Waals surface area contributed by atoms with Crippen molar-refractivity contribution in [2.24, 2.45) is 0 Å². The van der Waals surface area contributed by atoms with E-state index in [9.17, 15) is 12.8 Å². The maximum Gasteiger partial charge on any atom is 0.243 e. The summed E-state index contributed by atoms with van der Waals surface area (Å²) < 4.78 is 45.5. The summed E-state index contributed by atoms with van der Waals surface area (Å²) in [5, 5.41) is 0. The Kier molecular flexibility index (Phi) is 4.64. The van der Waals surface area contributed by atoms with E-state index in [-0.39, 0.29) is 11.7 Å². The molecular weight excluding hydrogens is 295 g/mol. The van der Waals surface area contributed by atoms with Crippen molar-refractivity contribution in [1.29, 1.82) is 0 Å². The van der Waals surface area contributed by atoms with Crippen LogP contribution in [0.4, 0.5) is 10.1 Å². The summed E-state index contributed by atoms with van der Waals surface area (Å²) in [6, 6.07) is 6.69. The molecule has 1 aromatic heterocycles. The molecule has 0 saturated carbocycles. The minimum atomic E-state index is -3.94. The van der Waals surface area contributed by atoms with E-state index in [2.05, 4.69) is 4.72 Å². The van der Waals surface area contributed by atoms with Gasteiger partial charge in [-0.2, -0.15) is 0 Å². The fourth-order valence-electron chi connectivity index (χ4n) is 1.93. The quantitative estimate of drug-likeness (QED) is 0.801. The zero-order valence-electron chi connectivity index (χ0n) is 11.5. The van der Waals surface area contributed by atoms with Crippen molar-refractivity contribution in [3.8, 4) is 0 Å². The van der Waals surface area contributed by atoms with Crippen molar-refractivity contribution in [2.45, 2.75) is 30.7 Å². The van der Waals surface area contributed by atoms with Gasteiger partial charge in [-0.05, 0) is 43.7 Å². The molecule has 0 fully saturated rings. The van der Waals surface area contributed by atoms with Crippen LogP contribution in [-0.2, 0) is 16.4 Å². The van der Waals surface area contributed by atoms with Gasteiger partial charge in [-0.25, -0.2) is 17.5 Å². The van der Waals surface area contributed by atoms with Crippen LogP contribution >= 0.6 is 0 Å². The van der Waals surface area contributed by atoms with Crippen LogP contribution in [-0.4, -0.2) is 14.5 Å². The van der Waals surface area contributed by atoms with Crippen molar-refractivity contribution in [3.05, 3.63) is 48.2 Å². The summed E-state index contributed by atoms with van der Waals surface area (Å²) in [6.07, 6.45) is 2.69. The number of hydrogen-bond acceptors (Lipinski definition) is 4. The first-order chi connectivity index (χ1) is 9.88. The van der Waals surface area contributed by atoms with Crippen LogP contribution in [0.25, 0.3) is 0 Å². The zero-order valence-corrected chi connectivity index (χ0v) is 12.4. The maximum absolute atomic E-state index is 13.6. The molecular formula is C14H17FN2O3S. The normalized spacial score (nSPS) is 13.2. The van der Waals surface area contributed by atoms with E-state index < -0.39 is 20.7 Å². The van der Waals surface area contributed by atoms with Gasteiger partial charge in [0.1, 0.15) is 16.5 Å². The van der Waals surface area contributed by atoms with E-state index in [4.69, 9.17) is 10.2 Å². The molecule has 0 saturated heterocycles. The van der Waals surface area contributed by atoms with Crippen LogP contribution in [0.1, 0.15) is 19.1 Å². The monoisotopic (exact) mass is 312 g/mol.